The second-order valence-electron chi connectivity index (χ2n) is 5.69. The first-order valence-electron chi connectivity index (χ1n) is 7.18. The lowest BCUT2D eigenvalue weighted by Gasteiger charge is -2.12. The van der Waals surface area contributed by atoms with E-state index in [0.29, 0.717) is 32.1 Å². The predicted molar refractivity (Wildman–Crippen MR) is 85.8 cm³/mol. The molecule has 0 bridgehead atoms. The molecule has 1 aromatic carbocycles. The summed E-state index contributed by atoms with van der Waals surface area (Å²) in [7, 11) is -3.56. The lowest BCUT2D eigenvalue weighted by molar-refractivity contribution is 0.108. The van der Waals surface area contributed by atoms with E-state index in [4.69, 9.17) is 10.5 Å². The summed E-state index contributed by atoms with van der Waals surface area (Å²) in [6.07, 6.45) is 0.636. The van der Waals surface area contributed by atoms with Gasteiger partial charge in [-0.1, -0.05) is 13.8 Å². The zero-order chi connectivity index (χ0) is 16.0. The van der Waals surface area contributed by atoms with Gasteiger partial charge in [0, 0.05) is 19.8 Å². The summed E-state index contributed by atoms with van der Waals surface area (Å²) in [6, 6.07) is 3.30. The van der Waals surface area contributed by atoms with Crippen molar-refractivity contribution in [2.24, 2.45) is 5.92 Å². The van der Waals surface area contributed by atoms with Crippen LogP contribution in [0.3, 0.4) is 0 Å². The number of rotatable bonds is 8. The van der Waals surface area contributed by atoms with Crippen LogP contribution in [0.15, 0.2) is 17.0 Å². The molecule has 0 fully saturated rings. The second-order valence-corrected chi connectivity index (χ2v) is 7.43. The largest absolute Gasteiger partial charge is 0.398 e. The minimum atomic E-state index is -3.56. The van der Waals surface area contributed by atoms with Crippen molar-refractivity contribution >= 4 is 15.7 Å². The fraction of sp³-hybridized carbons (Fsp3) is 0.600. The molecule has 0 unspecified atom stereocenters. The molecule has 120 valence electrons. The number of hydrogen-bond donors (Lipinski definition) is 2. The lowest BCUT2D eigenvalue weighted by Crippen LogP contribution is -2.26. The van der Waals surface area contributed by atoms with E-state index in [1.807, 2.05) is 13.8 Å². The second kappa shape index (κ2) is 7.77. The Hall–Kier alpha value is -1.11. The first-order chi connectivity index (χ1) is 9.74. The Morgan fingerprint density at radius 2 is 1.86 bits per heavy atom. The molecule has 0 saturated heterocycles. The van der Waals surface area contributed by atoms with Crippen LogP contribution in [0, 0.1) is 19.8 Å². The van der Waals surface area contributed by atoms with E-state index < -0.39 is 10.0 Å². The maximum atomic E-state index is 12.2. The molecular weight excluding hydrogens is 288 g/mol. The minimum absolute atomic E-state index is 0.147. The third-order valence-electron chi connectivity index (χ3n) is 3.12. The molecule has 1 rings (SSSR count). The van der Waals surface area contributed by atoms with Crippen LogP contribution in [0.25, 0.3) is 0 Å². The van der Waals surface area contributed by atoms with Crippen molar-refractivity contribution in [1.29, 1.82) is 0 Å². The number of anilines is 1. The van der Waals surface area contributed by atoms with Gasteiger partial charge in [-0.3, -0.25) is 0 Å². The van der Waals surface area contributed by atoms with E-state index >= 15 is 0 Å². The smallest absolute Gasteiger partial charge is 0.242 e. The lowest BCUT2D eigenvalue weighted by atomic mass is 10.1. The van der Waals surface area contributed by atoms with Crippen LogP contribution in [0.4, 0.5) is 5.69 Å². The zero-order valence-electron chi connectivity index (χ0n) is 13.3. The maximum absolute atomic E-state index is 12.2. The van der Waals surface area contributed by atoms with Gasteiger partial charge < -0.3 is 10.5 Å². The van der Waals surface area contributed by atoms with Crippen LogP contribution in [0.5, 0.6) is 0 Å². The molecule has 0 heterocycles. The zero-order valence-corrected chi connectivity index (χ0v) is 14.1. The molecule has 5 nitrogen and oxygen atoms in total. The standard InChI is InChI=1S/C15H26N2O3S/c1-11(2)10-20-7-5-6-17-21(18,19)15-9-13(4)12(3)8-14(15)16/h8-9,11,17H,5-7,10,16H2,1-4H3. The normalized spacial score (nSPS) is 12.0. The van der Waals surface area contributed by atoms with Gasteiger partial charge in [0.2, 0.25) is 10.0 Å². The van der Waals surface area contributed by atoms with Crippen molar-refractivity contribution in [3.8, 4) is 0 Å². The summed E-state index contributed by atoms with van der Waals surface area (Å²) in [5.74, 6) is 0.483. The van der Waals surface area contributed by atoms with Crippen molar-refractivity contribution in [1.82, 2.24) is 4.72 Å². The summed E-state index contributed by atoms with van der Waals surface area (Å²) in [6.45, 7) is 9.50. The maximum Gasteiger partial charge on any atom is 0.242 e. The first kappa shape index (κ1) is 17.9. The average molecular weight is 314 g/mol. The van der Waals surface area contributed by atoms with Crippen LogP contribution >= 0.6 is 0 Å². The van der Waals surface area contributed by atoms with E-state index in [-0.39, 0.29) is 10.6 Å². The number of ether oxygens (including phenoxy) is 1. The highest BCUT2D eigenvalue weighted by atomic mass is 32.2. The Bertz CT molecular complexity index is 569. The van der Waals surface area contributed by atoms with E-state index in [9.17, 15) is 8.42 Å². The van der Waals surface area contributed by atoms with E-state index in [2.05, 4.69) is 18.6 Å². The fourth-order valence-electron chi connectivity index (χ4n) is 1.82. The molecule has 0 radical (unpaired) electrons. The molecule has 0 aromatic heterocycles. The number of aryl methyl sites for hydroxylation is 2. The molecule has 0 aliphatic carbocycles. The summed E-state index contributed by atoms with van der Waals surface area (Å²) < 4.78 is 32.4. The monoisotopic (exact) mass is 314 g/mol. The average Bonchev–Trinajstić information content (AvgIpc) is 2.37. The van der Waals surface area contributed by atoms with E-state index in [0.717, 1.165) is 11.1 Å². The first-order valence-corrected chi connectivity index (χ1v) is 8.66. The van der Waals surface area contributed by atoms with Crippen molar-refractivity contribution in [2.45, 2.75) is 39.0 Å². The van der Waals surface area contributed by atoms with Crippen molar-refractivity contribution in [2.75, 3.05) is 25.5 Å². The summed E-state index contributed by atoms with van der Waals surface area (Å²) >= 11 is 0. The van der Waals surface area contributed by atoms with Crippen LogP contribution < -0.4 is 10.5 Å². The molecule has 21 heavy (non-hydrogen) atoms. The van der Waals surface area contributed by atoms with Crippen molar-refractivity contribution in [3.05, 3.63) is 23.3 Å². The Morgan fingerprint density at radius 1 is 1.24 bits per heavy atom. The number of nitrogens with one attached hydrogen (secondary N) is 1. The molecule has 0 aliphatic rings. The quantitative estimate of drug-likeness (QED) is 0.569. The topological polar surface area (TPSA) is 81.4 Å². The van der Waals surface area contributed by atoms with Gasteiger partial charge in [0.05, 0.1) is 5.69 Å². The Balaban J connectivity index is 2.56. The number of sulfonamides is 1. The Labute approximate surface area is 127 Å². The molecular formula is C15H26N2O3S. The number of nitrogen functional groups attached to an aromatic ring is 1. The fourth-order valence-corrected chi connectivity index (χ4v) is 3.09. The molecule has 3 N–H and O–H groups in total. The summed E-state index contributed by atoms with van der Waals surface area (Å²) in [5.41, 5.74) is 7.98. The molecule has 6 heteroatoms. The van der Waals surface area contributed by atoms with Crippen LogP contribution in [-0.4, -0.2) is 28.2 Å². The summed E-state index contributed by atoms with van der Waals surface area (Å²) in [4.78, 5) is 0.147. The van der Waals surface area contributed by atoms with Crippen molar-refractivity contribution in [3.63, 3.8) is 0 Å². The van der Waals surface area contributed by atoms with Gasteiger partial charge in [0.25, 0.3) is 0 Å². The highest BCUT2D eigenvalue weighted by molar-refractivity contribution is 7.89. The van der Waals surface area contributed by atoms with Crippen LogP contribution in [0.2, 0.25) is 0 Å². The van der Waals surface area contributed by atoms with Crippen LogP contribution in [0.1, 0.15) is 31.4 Å². The summed E-state index contributed by atoms with van der Waals surface area (Å²) in [5, 5.41) is 0. The Morgan fingerprint density at radius 3 is 2.48 bits per heavy atom. The Kier molecular flexibility index (Phi) is 6.64. The molecule has 0 amide bonds. The number of nitrogens with two attached hydrogens (primary N) is 1. The highest BCUT2D eigenvalue weighted by Gasteiger charge is 2.17. The minimum Gasteiger partial charge on any atom is -0.398 e. The number of hydrogen-bond acceptors (Lipinski definition) is 4. The van der Waals surface area contributed by atoms with E-state index in [1.165, 1.54) is 0 Å². The van der Waals surface area contributed by atoms with Gasteiger partial charge in [-0.2, -0.15) is 0 Å². The van der Waals surface area contributed by atoms with Gasteiger partial charge in [-0.25, -0.2) is 13.1 Å². The highest BCUT2D eigenvalue weighted by Crippen LogP contribution is 2.22. The third-order valence-corrected chi connectivity index (χ3v) is 4.64. The predicted octanol–water partition coefficient (Wildman–Crippen LogP) is 2.23. The molecule has 0 saturated carbocycles. The van der Waals surface area contributed by atoms with E-state index in [1.54, 1.807) is 12.1 Å². The van der Waals surface area contributed by atoms with Gasteiger partial charge in [-0.05, 0) is 49.4 Å². The molecule has 0 atom stereocenters. The third kappa shape index (κ3) is 5.65. The number of benzene rings is 1. The van der Waals surface area contributed by atoms with Gasteiger partial charge >= 0.3 is 0 Å². The van der Waals surface area contributed by atoms with Crippen molar-refractivity contribution < 1.29 is 13.2 Å². The van der Waals surface area contributed by atoms with Gasteiger partial charge in [-0.15, -0.1) is 0 Å². The van der Waals surface area contributed by atoms with Gasteiger partial charge in [0.15, 0.2) is 0 Å². The van der Waals surface area contributed by atoms with Gasteiger partial charge in [0.1, 0.15) is 4.90 Å². The molecule has 1 aromatic rings. The SMILES string of the molecule is Cc1cc(N)c(S(=O)(=O)NCCCOCC(C)C)cc1C. The molecule has 0 spiro atoms. The molecule has 0 aliphatic heterocycles. The van der Waals surface area contributed by atoms with Crippen LogP contribution in [-0.2, 0) is 14.8 Å².